The lowest BCUT2D eigenvalue weighted by atomic mass is 9.63. The molecule has 3 fully saturated rings. The third-order valence-corrected chi connectivity index (χ3v) is 6.11. The molecule has 6 heteroatoms. The second-order valence-corrected chi connectivity index (χ2v) is 7.18. The van der Waals surface area contributed by atoms with Gasteiger partial charge in [0, 0.05) is 0 Å². The zero-order chi connectivity index (χ0) is 16.8. The number of amides is 2. The summed E-state index contributed by atoms with van der Waals surface area (Å²) in [7, 11) is 0. The summed E-state index contributed by atoms with van der Waals surface area (Å²) in [6.45, 7) is 0. The zero-order valence-corrected chi connectivity index (χ0v) is 12.5. The minimum atomic E-state index is -4.61. The first kappa shape index (κ1) is 14.3. The summed E-state index contributed by atoms with van der Waals surface area (Å²) in [5.74, 6) is -1.05. The van der Waals surface area contributed by atoms with Gasteiger partial charge in [0.25, 0.3) is 0 Å². The van der Waals surface area contributed by atoms with Crippen LogP contribution in [-0.2, 0) is 15.8 Å². The molecule has 1 aromatic rings. The molecule has 0 N–H and O–H groups in total. The minimum Gasteiger partial charge on any atom is -0.274 e. The average Bonchev–Trinajstić information content (AvgIpc) is 3.31. The van der Waals surface area contributed by atoms with E-state index < -0.39 is 35.4 Å². The molecule has 0 spiro atoms. The van der Waals surface area contributed by atoms with Crippen LogP contribution in [0.5, 0.6) is 0 Å². The zero-order valence-electron chi connectivity index (χ0n) is 12.5. The van der Waals surface area contributed by atoms with E-state index in [1.54, 1.807) is 0 Å². The number of carbonyl (C=O) groups excluding carboxylic acids is 2. The number of imide groups is 1. The van der Waals surface area contributed by atoms with Gasteiger partial charge in [-0.05, 0) is 42.2 Å². The third-order valence-electron chi connectivity index (χ3n) is 6.11. The number of nitrogens with zero attached hydrogens (tertiary/aromatic N) is 1. The third kappa shape index (κ3) is 1.63. The van der Waals surface area contributed by atoms with Gasteiger partial charge in [0.2, 0.25) is 11.8 Å². The highest BCUT2D eigenvalue weighted by Crippen LogP contribution is 2.65. The molecule has 1 heterocycles. The highest BCUT2D eigenvalue weighted by atomic mass is 19.4. The smallest absolute Gasteiger partial charge is 0.274 e. The maximum Gasteiger partial charge on any atom is 0.418 e. The Balaban J connectivity index is 1.61. The lowest BCUT2D eigenvalue weighted by molar-refractivity contribution is -0.137. The number of carbonyl (C=O) groups is 2. The monoisotopic (exact) mass is 333 g/mol. The van der Waals surface area contributed by atoms with Gasteiger partial charge in [0.15, 0.2) is 0 Å². The van der Waals surface area contributed by atoms with Gasteiger partial charge in [-0.25, -0.2) is 4.90 Å². The van der Waals surface area contributed by atoms with Gasteiger partial charge in [-0.15, -0.1) is 0 Å². The van der Waals surface area contributed by atoms with Crippen LogP contribution in [0.15, 0.2) is 36.4 Å². The quantitative estimate of drug-likeness (QED) is 0.584. The van der Waals surface area contributed by atoms with Crippen LogP contribution in [0, 0.1) is 35.5 Å². The van der Waals surface area contributed by atoms with E-state index in [0.717, 1.165) is 17.4 Å². The lowest BCUT2D eigenvalue weighted by Crippen LogP contribution is -2.40. The molecule has 6 atom stereocenters. The van der Waals surface area contributed by atoms with Gasteiger partial charge in [-0.1, -0.05) is 24.3 Å². The molecule has 24 heavy (non-hydrogen) atoms. The van der Waals surface area contributed by atoms with Crippen molar-refractivity contribution in [3.05, 3.63) is 42.0 Å². The van der Waals surface area contributed by atoms with Crippen molar-refractivity contribution in [2.45, 2.75) is 12.6 Å². The van der Waals surface area contributed by atoms with E-state index in [9.17, 15) is 22.8 Å². The van der Waals surface area contributed by atoms with Crippen molar-refractivity contribution in [1.29, 1.82) is 0 Å². The first-order valence-electron chi connectivity index (χ1n) is 8.12. The Morgan fingerprint density at radius 2 is 1.46 bits per heavy atom. The summed E-state index contributed by atoms with van der Waals surface area (Å²) in [4.78, 5) is 26.6. The van der Waals surface area contributed by atoms with Crippen LogP contribution in [0.4, 0.5) is 18.9 Å². The first-order valence-corrected chi connectivity index (χ1v) is 8.12. The van der Waals surface area contributed by atoms with Crippen molar-refractivity contribution in [3.8, 4) is 0 Å². The Labute approximate surface area is 136 Å². The van der Waals surface area contributed by atoms with Crippen molar-refractivity contribution in [3.63, 3.8) is 0 Å². The number of alkyl halides is 3. The fraction of sp³-hybridized carbons (Fsp3) is 0.444. The molecule has 6 rings (SSSR count). The van der Waals surface area contributed by atoms with Gasteiger partial charge in [-0.3, -0.25) is 9.59 Å². The molecule has 0 unspecified atom stereocenters. The lowest BCUT2D eigenvalue weighted by Gasteiger charge is -2.37. The predicted octanol–water partition coefficient (Wildman–Crippen LogP) is 3.26. The second kappa shape index (κ2) is 4.29. The Hall–Kier alpha value is -2.11. The molecule has 5 aliphatic rings. The van der Waals surface area contributed by atoms with Gasteiger partial charge < -0.3 is 0 Å². The highest BCUT2D eigenvalue weighted by molar-refractivity contribution is 6.23. The van der Waals surface area contributed by atoms with E-state index in [1.165, 1.54) is 18.2 Å². The SMILES string of the molecule is O=C1[C@@H]2[C@@H]3C=C[C@H]([C@H]4C[C@H]34)[C@@H]2C(=O)N1c1ccccc1C(F)(F)F. The largest absolute Gasteiger partial charge is 0.418 e. The molecule has 1 aliphatic heterocycles. The van der Waals surface area contributed by atoms with Crippen LogP contribution in [-0.4, -0.2) is 11.8 Å². The number of anilines is 1. The van der Waals surface area contributed by atoms with Gasteiger partial charge in [0.05, 0.1) is 23.1 Å². The topological polar surface area (TPSA) is 37.4 Å². The molecule has 3 nitrogen and oxygen atoms in total. The number of allylic oxidation sites excluding steroid dienone is 2. The van der Waals surface area contributed by atoms with Crippen molar-refractivity contribution in [2.24, 2.45) is 35.5 Å². The molecule has 124 valence electrons. The minimum absolute atomic E-state index is 0.00417. The maximum atomic E-state index is 13.3. The average molecular weight is 333 g/mol. The first-order chi connectivity index (χ1) is 11.4. The molecule has 1 aromatic carbocycles. The van der Waals surface area contributed by atoms with Gasteiger partial charge in [0.1, 0.15) is 0 Å². The molecular weight excluding hydrogens is 319 g/mol. The summed E-state index contributed by atoms with van der Waals surface area (Å²) in [5.41, 5.74) is -1.27. The summed E-state index contributed by atoms with van der Waals surface area (Å²) >= 11 is 0. The van der Waals surface area contributed by atoms with Crippen LogP contribution in [0.1, 0.15) is 12.0 Å². The summed E-state index contributed by atoms with van der Waals surface area (Å²) in [6, 6.07) is 4.83. The normalized spacial score (nSPS) is 39.2. The highest BCUT2D eigenvalue weighted by Gasteiger charge is 2.67. The van der Waals surface area contributed by atoms with Crippen LogP contribution in [0.25, 0.3) is 0 Å². The van der Waals surface area contributed by atoms with E-state index in [4.69, 9.17) is 0 Å². The second-order valence-electron chi connectivity index (χ2n) is 7.18. The van der Waals surface area contributed by atoms with Crippen molar-refractivity contribution >= 4 is 17.5 Å². The number of hydrogen-bond acceptors (Lipinski definition) is 2. The van der Waals surface area contributed by atoms with Crippen molar-refractivity contribution in [1.82, 2.24) is 0 Å². The van der Waals surface area contributed by atoms with E-state index >= 15 is 0 Å². The van der Waals surface area contributed by atoms with E-state index in [-0.39, 0.29) is 17.5 Å². The van der Waals surface area contributed by atoms with Gasteiger partial charge in [-0.2, -0.15) is 13.2 Å². The molecule has 0 aromatic heterocycles. The Kier molecular flexibility index (Phi) is 2.55. The maximum absolute atomic E-state index is 13.3. The number of hydrogen-bond donors (Lipinski definition) is 0. The molecule has 2 saturated carbocycles. The number of halogens is 3. The molecular formula is C18H14F3NO2. The van der Waals surface area contributed by atoms with Gasteiger partial charge >= 0.3 is 6.18 Å². The number of para-hydroxylation sites is 1. The number of benzene rings is 1. The Morgan fingerprint density at radius 1 is 0.917 bits per heavy atom. The fourth-order valence-corrected chi connectivity index (χ4v) is 5.10. The molecule has 4 aliphatic carbocycles. The van der Waals surface area contributed by atoms with Crippen molar-refractivity contribution in [2.75, 3.05) is 4.90 Å². The number of rotatable bonds is 1. The molecule has 2 bridgehead atoms. The van der Waals surface area contributed by atoms with Crippen molar-refractivity contribution < 1.29 is 22.8 Å². The Bertz CT molecular complexity index is 764. The van der Waals surface area contributed by atoms with Crippen LogP contribution < -0.4 is 4.90 Å². The van der Waals surface area contributed by atoms with Crippen LogP contribution in [0.2, 0.25) is 0 Å². The summed E-state index contributed by atoms with van der Waals surface area (Å²) in [6.07, 6.45) is 0.425. The van der Waals surface area contributed by atoms with E-state index in [0.29, 0.717) is 11.8 Å². The Morgan fingerprint density at radius 3 is 2.00 bits per heavy atom. The van der Waals surface area contributed by atoms with E-state index in [2.05, 4.69) is 0 Å². The van der Waals surface area contributed by atoms with E-state index in [1.807, 2.05) is 12.2 Å². The predicted molar refractivity (Wildman–Crippen MR) is 78.6 cm³/mol. The van der Waals surface area contributed by atoms with Crippen LogP contribution in [0.3, 0.4) is 0 Å². The summed E-state index contributed by atoms with van der Waals surface area (Å²) < 4.78 is 39.9. The molecule has 0 radical (unpaired) electrons. The van der Waals surface area contributed by atoms with Crippen LogP contribution >= 0.6 is 0 Å². The fourth-order valence-electron chi connectivity index (χ4n) is 5.10. The molecule has 2 amide bonds. The molecule has 1 saturated heterocycles. The standard InChI is InChI=1S/C18H14F3NO2/c19-18(20,21)12-3-1-2-4-13(12)22-16(23)14-8-5-6-9(11-7-10(8)11)15(14)17(22)24/h1-6,8-11,14-15H,7H2/t8-,9-,10-,11-,14-,15+/m1/s1. The summed E-state index contributed by atoms with van der Waals surface area (Å²) in [5, 5.41) is 0.